The first-order valence-electron chi connectivity index (χ1n) is 8.22. The molecule has 0 atom stereocenters. The fraction of sp³-hybridized carbons (Fsp3) is 0.812. The third-order valence-corrected chi connectivity index (χ3v) is 4.36. The minimum atomic E-state index is -5.30. The average Bonchev–Trinajstić information content (AvgIpc) is 2.42. The largest absolute Gasteiger partial charge is 0.616 e. The summed E-state index contributed by atoms with van der Waals surface area (Å²) in [6, 6.07) is -0.511. The van der Waals surface area contributed by atoms with Crippen molar-refractivity contribution in [3.63, 3.8) is 0 Å². The Morgan fingerprint density at radius 1 is 0.864 bits per heavy atom. The Bertz CT molecular complexity index is 317. The third kappa shape index (κ3) is 15.6. The molecule has 0 unspecified atom stereocenters. The molecule has 0 amide bonds. The Hall–Kier alpha value is -0.783. The first-order valence-corrected chi connectivity index (χ1v) is 10.1. The number of carbonyl (C=O) groups is 1. The molecule has 0 radical (unpaired) electrons. The molecule has 0 saturated heterocycles. The van der Waals surface area contributed by atoms with Crippen molar-refractivity contribution < 1.29 is 21.9 Å². The van der Waals surface area contributed by atoms with Crippen LogP contribution in [0, 0.1) is 0 Å². The zero-order chi connectivity index (χ0) is 16.8. The minimum absolute atomic E-state index is 0.318. The lowest BCUT2D eigenvalue weighted by atomic mass is 10.1. The maximum absolute atomic E-state index is 12.0. The minimum Gasteiger partial charge on any atom is -0.462 e. The molecule has 0 rings (SSSR count). The summed E-state index contributed by atoms with van der Waals surface area (Å²) in [4.78, 5) is 11.1. The van der Waals surface area contributed by atoms with Gasteiger partial charge in [-0.05, 0) is 19.8 Å². The highest BCUT2D eigenvalue weighted by atomic mass is 28.5. The van der Waals surface area contributed by atoms with Gasteiger partial charge in [-0.3, -0.25) is 0 Å². The van der Waals surface area contributed by atoms with Crippen molar-refractivity contribution in [1.82, 2.24) is 0 Å². The van der Waals surface area contributed by atoms with Crippen LogP contribution in [0.5, 0.6) is 0 Å². The van der Waals surface area contributed by atoms with Crippen LogP contribution >= 0.6 is 0 Å². The normalized spacial score (nSPS) is 11.5. The molecule has 6 heteroatoms. The molecule has 22 heavy (non-hydrogen) atoms. The van der Waals surface area contributed by atoms with E-state index in [1.54, 1.807) is 6.92 Å². The molecule has 130 valence electrons. The fourth-order valence-electron chi connectivity index (χ4n) is 2.13. The summed E-state index contributed by atoms with van der Waals surface area (Å²) >= 11 is 0. The topological polar surface area (TPSA) is 26.3 Å². The van der Waals surface area contributed by atoms with Gasteiger partial charge in [0.05, 0.1) is 6.61 Å². The van der Waals surface area contributed by atoms with Crippen LogP contribution in [0.4, 0.5) is 12.3 Å². The van der Waals surface area contributed by atoms with Crippen molar-refractivity contribution in [3.8, 4) is 0 Å². The molecular weight excluding hydrogens is 309 g/mol. The Labute approximate surface area is 133 Å². The first-order chi connectivity index (χ1) is 10.3. The Morgan fingerprint density at radius 3 is 1.68 bits per heavy atom. The van der Waals surface area contributed by atoms with Crippen molar-refractivity contribution in [2.45, 2.75) is 77.2 Å². The van der Waals surface area contributed by atoms with Gasteiger partial charge in [-0.1, -0.05) is 57.9 Å². The summed E-state index contributed by atoms with van der Waals surface area (Å²) in [7, 11) is -5.30. The van der Waals surface area contributed by atoms with Gasteiger partial charge in [0, 0.05) is 11.6 Å². The van der Waals surface area contributed by atoms with Crippen LogP contribution in [-0.2, 0) is 9.53 Å². The van der Waals surface area contributed by atoms with Crippen LogP contribution in [0.3, 0.4) is 0 Å². The standard InChI is InChI=1S/C16H29F3O2Si/c1-15(2)16(20)21-13-11-9-7-5-3-4-6-8-10-12-14-22(17,18)19/h1,3-14H2,2H3. The Morgan fingerprint density at radius 2 is 1.27 bits per heavy atom. The third-order valence-electron chi connectivity index (χ3n) is 3.44. The SMILES string of the molecule is C=C(C)C(=O)OCCCCCCCCCCCC[Si](F)(F)F. The highest BCUT2D eigenvalue weighted by Gasteiger charge is 2.35. The predicted molar refractivity (Wildman–Crippen MR) is 85.8 cm³/mol. The predicted octanol–water partition coefficient (Wildman–Crippen LogP) is 5.85. The molecule has 0 spiro atoms. The van der Waals surface area contributed by atoms with Crippen LogP contribution in [0.1, 0.15) is 71.1 Å². The molecule has 0 aromatic heterocycles. The second kappa shape index (κ2) is 12.7. The van der Waals surface area contributed by atoms with E-state index in [4.69, 9.17) is 4.74 Å². The van der Waals surface area contributed by atoms with Crippen LogP contribution in [0.15, 0.2) is 12.2 Å². The van der Waals surface area contributed by atoms with Crippen LogP contribution < -0.4 is 0 Å². The van der Waals surface area contributed by atoms with Crippen molar-refractivity contribution in [1.29, 1.82) is 0 Å². The maximum atomic E-state index is 12.0. The number of unbranched alkanes of at least 4 members (excludes halogenated alkanes) is 9. The summed E-state index contributed by atoms with van der Waals surface area (Å²) in [6.45, 7) is 5.60. The van der Waals surface area contributed by atoms with Gasteiger partial charge in [0.2, 0.25) is 0 Å². The summed E-state index contributed by atoms with van der Waals surface area (Å²) in [5, 5.41) is 0. The van der Waals surface area contributed by atoms with E-state index in [9.17, 15) is 17.1 Å². The van der Waals surface area contributed by atoms with E-state index in [1.807, 2.05) is 0 Å². The van der Waals surface area contributed by atoms with Crippen LogP contribution in [0.2, 0.25) is 6.04 Å². The Kier molecular flexibility index (Phi) is 12.3. The molecular formula is C16H29F3O2Si. The van der Waals surface area contributed by atoms with Crippen molar-refractivity contribution in [2.75, 3.05) is 6.61 Å². The van der Waals surface area contributed by atoms with E-state index < -0.39 is 15.1 Å². The molecule has 0 fully saturated rings. The van der Waals surface area contributed by atoms with E-state index in [2.05, 4.69) is 6.58 Å². The van der Waals surface area contributed by atoms with Crippen molar-refractivity contribution >= 4 is 15.0 Å². The molecule has 0 aromatic carbocycles. The summed E-state index contributed by atoms with van der Waals surface area (Å²) in [6.07, 6.45) is 9.40. The van der Waals surface area contributed by atoms with Gasteiger partial charge in [-0.15, -0.1) is 0 Å². The second-order valence-corrected chi connectivity index (χ2v) is 7.55. The lowest BCUT2D eigenvalue weighted by molar-refractivity contribution is -0.139. The van der Waals surface area contributed by atoms with Gasteiger partial charge < -0.3 is 4.74 Å². The number of rotatable bonds is 14. The molecule has 0 bridgehead atoms. The lowest BCUT2D eigenvalue weighted by Crippen LogP contribution is -2.13. The van der Waals surface area contributed by atoms with Crippen molar-refractivity contribution in [2.24, 2.45) is 0 Å². The zero-order valence-electron chi connectivity index (χ0n) is 13.6. The zero-order valence-corrected chi connectivity index (χ0v) is 14.6. The molecule has 0 saturated carbocycles. The smallest absolute Gasteiger partial charge is 0.462 e. The highest BCUT2D eigenvalue weighted by molar-refractivity contribution is 6.58. The highest BCUT2D eigenvalue weighted by Crippen LogP contribution is 2.19. The van der Waals surface area contributed by atoms with E-state index in [0.717, 1.165) is 51.4 Å². The molecule has 0 N–H and O–H groups in total. The van der Waals surface area contributed by atoms with E-state index in [-0.39, 0.29) is 5.97 Å². The average molecular weight is 338 g/mol. The van der Waals surface area contributed by atoms with E-state index >= 15 is 0 Å². The Balaban J connectivity index is 3.15. The first kappa shape index (κ1) is 21.2. The number of hydrogen-bond acceptors (Lipinski definition) is 2. The van der Waals surface area contributed by atoms with E-state index in [1.165, 1.54) is 0 Å². The molecule has 0 aliphatic heterocycles. The van der Waals surface area contributed by atoms with Crippen molar-refractivity contribution in [3.05, 3.63) is 12.2 Å². The summed E-state index contributed by atoms with van der Waals surface area (Å²) in [5.41, 5.74) is 0.428. The molecule has 0 aliphatic rings. The number of hydrogen-bond donors (Lipinski definition) is 0. The number of carbonyl (C=O) groups excluding carboxylic acids is 1. The lowest BCUT2D eigenvalue weighted by Gasteiger charge is -2.05. The molecule has 0 aliphatic carbocycles. The fourth-order valence-corrected chi connectivity index (χ4v) is 2.78. The van der Waals surface area contributed by atoms with E-state index in [0.29, 0.717) is 25.0 Å². The second-order valence-electron chi connectivity index (χ2n) is 5.82. The number of halogens is 3. The van der Waals surface area contributed by atoms with Gasteiger partial charge >= 0.3 is 15.0 Å². The summed E-state index contributed by atoms with van der Waals surface area (Å²) < 4.78 is 41.1. The maximum Gasteiger partial charge on any atom is 0.616 e. The quantitative estimate of drug-likeness (QED) is 0.130. The van der Waals surface area contributed by atoms with Gasteiger partial charge in [-0.25, -0.2) is 17.1 Å². The number of esters is 1. The monoisotopic (exact) mass is 338 g/mol. The van der Waals surface area contributed by atoms with Gasteiger partial charge in [0.25, 0.3) is 0 Å². The molecule has 0 aromatic rings. The van der Waals surface area contributed by atoms with Gasteiger partial charge in [0.1, 0.15) is 0 Å². The summed E-state index contributed by atoms with van der Waals surface area (Å²) in [5.74, 6) is -0.326. The molecule has 2 nitrogen and oxygen atoms in total. The van der Waals surface area contributed by atoms with Gasteiger partial charge in [-0.2, -0.15) is 0 Å². The van der Waals surface area contributed by atoms with Gasteiger partial charge in [0.15, 0.2) is 0 Å². The van der Waals surface area contributed by atoms with Crippen LogP contribution in [-0.4, -0.2) is 21.7 Å². The van der Waals surface area contributed by atoms with Crippen LogP contribution in [0.25, 0.3) is 0 Å². The number of ether oxygens (including phenoxy) is 1. The molecule has 0 heterocycles.